The van der Waals surface area contributed by atoms with Gasteiger partial charge in [0, 0.05) is 0 Å². The molecular weight excluding hydrogens is 146 g/mol. The van der Waals surface area contributed by atoms with Gasteiger partial charge in [0.15, 0.2) is 4.67 Å². The Hall–Kier alpha value is -0.310. The van der Waals surface area contributed by atoms with E-state index in [1.165, 1.54) is 6.20 Å². The lowest BCUT2D eigenvalue weighted by Crippen LogP contribution is -1.42. The molecule has 0 aliphatic heterocycles. The predicted octanol–water partition coefficient (Wildman–Crippen LogP) is 1.24. The molecule has 0 aliphatic carbocycles. The van der Waals surface area contributed by atoms with E-state index in [2.05, 4.69) is 31.7 Å². The quantitative estimate of drug-likeness (QED) is 0.551. The van der Waals surface area contributed by atoms with Crippen molar-refractivity contribution in [3.8, 4) is 0 Å². The van der Waals surface area contributed by atoms with Gasteiger partial charge in [0.1, 0.15) is 0 Å². The summed E-state index contributed by atoms with van der Waals surface area (Å²) in [7, 11) is 0. The van der Waals surface area contributed by atoms with Crippen LogP contribution in [0.5, 0.6) is 0 Å². The fourth-order valence-electron chi connectivity index (χ4n) is 0.173. The van der Waals surface area contributed by atoms with E-state index >= 15 is 0 Å². The standard InChI is InChI=1S/C3HBrNO/c4-3-1-5-2-6-3/h1H. The molecule has 1 rings (SSSR count). The van der Waals surface area contributed by atoms with Crippen molar-refractivity contribution in [2.75, 3.05) is 0 Å². The third-order valence-corrected chi connectivity index (χ3v) is 0.729. The molecule has 0 aliphatic rings. The summed E-state index contributed by atoms with van der Waals surface area (Å²) in [6.07, 6.45) is 3.79. The van der Waals surface area contributed by atoms with Gasteiger partial charge in [0.2, 0.25) is 0 Å². The molecule has 31 valence electrons. The number of oxazole rings is 1. The van der Waals surface area contributed by atoms with Gasteiger partial charge in [-0.15, -0.1) is 0 Å². The Morgan fingerprint density at radius 1 is 2.00 bits per heavy atom. The summed E-state index contributed by atoms with van der Waals surface area (Å²) in [6, 6.07) is 0. The molecule has 0 saturated carbocycles. The highest BCUT2D eigenvalue weighted by atomic mass is 79.9. The lowest BCUT2D eigenvalue weighted by atomic mass is 11.0. The van der Waals surface area contributed by atoms with Crippen LogP contribution in [0.25, 0.3) is 0 Å². The van der Waals surface area contributed by atoms with E-state index in [0.29, 0.717) is 4.67 Å². The van der Waals surface area contributed by atoms with Crippen molar-refractivity contribution in [1.82, 2.24) is 4.98 Å². The maximum absolute atomic E-state index is 4.51. The van der Waals surface area contributed by atoms with Crippen molar-refractivity contribution in [3.63, 3.8) is 0 Å². The SMILES string of the molecule is Brc1cn[c]o1. The van der Waals surface area contributed by atoms with Crippen LogP contribution in [0.4, 0.5) is 0 Å². The molecule has 3 heteroatoms. The molecule has 0 saturated heterocycles. The minimum absolute atomic E-state index is 0.613. The molecule has 2 nitrogen and oxygen atoms in total. The number of aromatic nitrogens is 1. The smallest absolute Gasteiger partial charge is 0.284 e. The van der Waals surface area contributed by atoms with Crippen LogP contribution >= 0.6 is 15.9 Å². The Morgan fingerprint density at radius 3 is 3.00 bits per heavy atom. The topological polar surface area (TPSA) is 26.0 Å². The van der Waals surface area contributed by atoms with Crippen LogP contribution in [0.3, 0.4) is 0 Å². The molecule has 6 heavy (non-hydrogen) atoms. The number of nitrogens with zero attached hydrogens (tertiary/aromatic N) is 1. The molecule has 0 amide bonds. The molecule has 0 fully saturated rings. The van der Waals surface area contributed by atoms with E-state index in [9.17, 15) is 0 Å². The van der Waals surface area contributed by atoms with Crippen molar-refractivity contribution < 1.29 is 4.42 Å². The second-order valence-corrected chi connectivity index (χ2v) is 1.54. The molecular formula is C3HBrNO. The van der Waals surface area contributed by atoms with Crippen molar-refractivity contribution in [2.24, 2.45) is 0 Å². The maximum atomic E-state index is 4.51. The second kappa shape index (κ2) is 1.43. The average Bonchev–Trinajstić information content (AvgIpc) is 1.86. The zero-order chi connectivity index (χ0) is 4.41. The summed E-state index contributed by atoms with van der Waals surface area (Å²) in [5.41, 5.74) is 0. The highest BCUT2D eigenvalue weighted by Crippen LogP contribution is 2.03. The minimum Gasteiger partial charge on any atom is -0.425 e. The van der Waals surface area contributed by atoms with Crippen LogP contribution in [-0.2, 0) is 0 Å². The predicted molar refractivity (Wildman–Crippen MR) is 23.0 cm³/mol. The molecule has 0 N–H and O–H groups in total. The average molecular weight is 147 g/mol. The number of rotatable bonds is 0. The molecule has 1 aromatic rings. The molecule has 0 unspecified atom stereocenters. The lowest BCUT2D eigenvalue weighted by Gasteiger charge is -1.62. The fraction of sp³-hybridized carbons (Fsp3) is 0. The first-order valence-electron chi connectivity index (χ1n) is 1.37. The number of hydrogen-bond acceptors (Lipinski definition) is 2. The van der Waals surface area contributed by atoms with Gasteiger partial charge in [-0.05, 0) is 15.9 Å². The molecule has 0 atom stereocenters. The van der Waals surface area contributed by atoms with Gasteiger partial charge >= 0.3 is 0 Å². The third kappa shape index (κ3) is 0.597. The summed E-state index contributed by atoms with van der Waals surface area (Å²) in [5.74, 6) is 0. The van der Waals surface area contributed by atoms with Gasteiger partial charge in [-0.2, -0.15) is 0 Å². The molecule has 1 aromatic heterocycles. The van der Waals surface area contributed by atoms with Crippen molar-refractivity contribution in [3.05, 3.63) is 17.3 Å². The van der Waals surface area contributed by atoms with E-state index < -0.39 is 0 Å². The molecule has 0 bridgehead atoms. The summed E-state index contributed by atoms with van der Waals surface area (Å²) < 4.78 is 5.13. The van der Waals surface area contributed by atoms with Gasteiger partial charge < -0.3 is 4.42 Å². The van der Waals surface area contributed by atoms with Crippen molar-refractivity contribution >= 4 is 15.9 Å². The number of halogens is 1. The first-order chi connectivity index (χ1) is 2.89. The van der Waals surface area contributed by atoms with E-state index in [-0.39, 0.29) is 0 Å². The minimum atomic E-state index is 0.613. The highest BCUT2D eigenvalue weighted by Gasteiger charge is 1.81. The van der Waals surface area contributed by atoms with Gasteiger partial charge in [0.25, 0.3) is 6.39 Å². The zero-order valence-corrected chi connectivity index (χ0v) is 4.40. The highest BCUT2D eigenvalue weighted by molar-refractivity contribution is 9.10. The van der Waals surface area contributed by atoms with Crippen LogP contribution in [0, 0.1) is 6.39 Å². The third-order valence-electron chi connectivity index (χ3n) is 0.362. The maximum Gasteiger partial charge on any atom is 0.284 e. The van der Waals surface area contributed by atoms with Crippen molar-refractivity contribution in [1.29, 1.82) is 0 Å². The summed E-state index contributed by atoms with van der Waals surface area (Å²) >= 11 is 3.02. The molecule has 0 spiro atoms. The molecule has 1 heterocycles. The second-order valence-electron chi connectivity index (χ2n) is 0.756. The summed E-state index contributed by atoms with van der Waals surface area (Å²) in [5, 5.41) is 0. The Morgan fingerprint density at radius 2 is 2.83 bits per heavy atom. The van der Waals surface area contributed by atoms with E-state index in [1.54, 1.807) is 0 Å². The Bertz CT molecular complexity index is 114. The zero-order valence-electron chi connectivity index (χ0n) is 2.81. The Labute approximate surface area is 43.3 Å². The molecule has 0 aromatic carbocycles. The van der Waals surface area contributed by atoms with Crippen LogP contribution in [-0.4, -0.2) is 4.98 Å². The largest absolute Gasteiger partial charge is 0.425 e. The molecule has 1 radical (unpaired) electrons. The van der Waals surface area contributed by atoms with Crippen molar-refractivity contribution in [2.45, 2.75) is 0 Å². The normalized spacial score (nSPS) is 8.83. The first-order valence-corrected chi connectivity index (χ1v) is 2.16. The van der Waals surface area contributed by atoms with E-state index in [4.69, 9.17) is 0 Å². The summed E-state index contributed by atoms with van der Waals surface area (Å²) in [6.45, 7) is 0. The summed E-state index contributed by atoms with van der Waals surface area (Å²) in [4.78, 5) is 3.48. The number of hydrogen-bond donors (Lipinski definition) is 0. The van der Waals surface area contributed by atoms with Gasteiger partial charge in [-0.3, -0.25) is 0 Å². The van der Waals surface area contributed by atoms with Gasteiger partial charge in [-0.1, -0.05) is 0 Å². The van der Waals surface area contributed by atoms with Crippen LogP contribution in [0.1, 0.15) is 0 Å². The fourth-order valence-corrected chi connectivity index (χ4v) is 0.348. The van der Waals surface area contributed by atoms with Crippen LogP contribution < -0.4 is 0 Å². The first kappa shape index (κ1) is 3.87. The van der Waals surface area contributed by atoms with Gasteiger partial charge in [0.05, 0.1) is 6.20 Å². The van der Waals surface area contributed by atoms with E-state index in [1.807, 2.05) is 0 Å². The Kier molecular flexibility index (Phi) is 0.919. The van der Waals surface area contributed by atoms with Crippen LogP contribution in [0.2, 0.25) is 0 Å². The monoisotopic (exact) mass is 146 g/mol. The van der Waals surface area contributed by atoms with E-state index in [0.717, 1.165) is 0 Å². The van der Waals surface area contributed by atoms with Crippen LogP contribution in [0.15, 0.2) is 15.3 Å². The Balaban J connectivity index is 3.05. The lowest BCUT2D eigenvalue weighted by molar-refractivity contribution is 0.524. The van der Waals surface area contributed by atoms with Gasteiger partial charge in [-0.25, -0.2) is 4.98 Å².